The summed E-state index contributed by atoms with van der Waals surface area (Å²) in [6, 6.07) is 23.2. The van der Waals surface area contributed by atoms with Crippen LogP contribution in [0.5, 0.6) is 0 Å². The summed E-state index contributed by atoms with van der Waals surface area (Å²) in [5.74, 6) is -0.234. The number of carbonyl (C=O) groups is 2. The van der Waals surface area contributed by atoms with E-state index in [1.807, 2.05) is 86.7 Å². The first kappa shape index (κ1) is 20.9. The van der Waals surface area contributed by atoms with Gasteiger partial charge in [-0.1, -0.05) is 66.4 Å². The Labute approximate surface area is 187 Å². The predicted molar refractivity (Wildman–Crippen MR) is 127 cm³/mol. The molecule has 1 atom stereocenters. The summed E-state index contributed by atoms with van der Waals surface area (Å²) in [7, 11) is 1.75. The van der Waals surface area contributed by atoms with Gasteiger partial charge in [0.2, 0.25) is 0 Å². The van der Waals surface area contributed by atoms with Gasteiger partial charge in [0.1, 0.15) is 0 Å². The number of rotatable bonds is 4. The van der Waals surface area contributed by atoms with Crippen LogP contribution >= 0.6 is 11.8 Å². The first-order valence-electron chi connectivity index (χ1n) is 10.2. The lowest BCUT2D eigenvalue weighted by Gasteiger charge is -2.27. The third-order valence-electron chi connectivity index (χ3n) is 5.44. The highest BCUT2D eigenvalue weighted by Crippen LogP contribution is 2.42. The molecule has 0 spiro atoms. The van der Waals surface area contributed by atoms with Gasteiger partial charge in [0.05, 0.1) is 16.6 Å². The van der Waals surface area contributed by atoms with Gasteiger partial charge < -0.3 is 10.2 Å². The van der Waals surface area contributed by atoms with E-state index >= 15 is 0 Å². The molecule has 1 aliphatic heterocycles. The molecule has 0 aliphatic carbocycles. The van der Waals surface area contributed by atoms with E-state index in [1.54, 1.807) is 18.0 Å². The molecule has 0 saturated heterocycles. The molecule has 0 aromatic heterocycles. The lowest BCUT2D eigenvalue weighted by molar-refractivity contribution is -0.114. The zero-order valence-electron chi connectivity index (χ0n) is 17.8. The van der Waals surface area contributed by atoms with Crippen LogP contribution in [0.2, 0.25) is 0 Å². The second-order valence-corrected chi connectivity index (χ2v) is 8.70. The first-order chi connectivity index (χ1) is 14.9. The van der Waals surface area contributed by atoms with Crippen molar-refractivity contribution in [3.05, 3.63) is 100.0 Å². The Morgan fingerprint density at radius 1 is 1.03 bits per heavy atom. The Balaban J connectivity index is 1.57. The Morgan fingerprint density at radius 2 is 1.74 bits per heavy atom. The van der Waals surface area contributed by atoms with Crippen molar-refractivity contribution in [2.24, 2.45) is 0 Å². The van der Waals surface area contributed by atoms with Crippen LogP contribution in [-0.2, 0) is 4.79 Å². The number of hydrogen-bond donors (Lipinski definition) is 1. The van der Waals surface area contributed by atoms with E-state index in [1.165, 1.54) is 11.8 Å². The van der Waals surface area contributed by atoms with Gasteiger partial charge in [-0.3, -0.25) is 9.59 Å². The molecule has 0 saturated carbocycles. The van der Waals surface area contributed by atoms with Crippen LogP contribution < -0.4 is 10.2 Å². The monoisotopic (exact) mass is 428 g/mol. The molecule has 0 radical (unpaired) electrons. The maximum Gasteiger partial charge on any atom is 0.264 e. The summed E-state index contributed by atoms with van der Waals surface area (Å²) in [6.07, 6.45) is 1.93. The number of nitrogens with zero attached hydrogens (tertiary/aromatic N) is 1. The van der Waals surface area contributed by atoms with Gasteiger partial charge >= 0.3 is 0 Å². The standard InChI is InChI=1S/C26H24N2O2S/c1-17-9-7-8-12-20(17)16-24-26(30)28(3)22-15-21(13-14-23(22)31-24)25(29)27-18(2)19-10-5-4-6-11-19/h4-16,18H,1-3H3,(H,27,29)/b24-16-. The van der Waals surface area contributed by atoms with Gasteiger partial charge in [0, 0.05) is 17.5 Å². The Kier molecular flexibility index (Phi) is 5.96. The van der Waals surface area contributed by atoms with Gasteiger partial charge in [-0.15, -0.1) is 0 Å². The molecule has 5 heteroatoms. The fraction of sp³-hybridized carbons (Fsp3) is 0.154. The fourth-order valence-corrected chi connectivity index (χ4v) is 4.61. The largest absolute Gasteiger partial charge is 0.346 e. The first-order valence-corrected chi connectivity index (χ1v) is 11.0. The van der Waals surface area contributed by atoms with Crippen molar-refractivity contribution in [1.29, 1.82) is 0 Å². The van der Waals surface area contributed by atoms with Crippen LogP contribution in [0.15, 0.2) is 82.6 Å². The molecule has 31 heavy (non-hydrogen) atoms. The average molecular weight is 429 g/mol. The molecule has 3 aromatic rings. The topological polar surface area (TPSA) is 49.4 Å². The quantitative estimate of drug-likeness (QED) is 0.551. The summed E-state index contributed by atoms with van der Waals surface area (Å²) < 4.78 is 0. The summed E-state index contributed by atoms with van der Waals surface area (Å²) in [6.45, 7) is 3.99. The predicted octanol–water partition coefficient (Wildman–Crippen LogP) is 5.60. The van der Waals surface area contributed by atoms with Gasteiger partial charge in [-0.25, -0.2) is 0 Å². The summed E-state index contributed by atoms with van der Waals surface area (Å²) in [5.41, 5.74) is 4.48. The molecular formula is C26H24N2O2S. The summed E-state index contributed by atoms with van der Waals surface area (Å²) >= 11 is 1.44. The number of fused-ring (bicyclic) bond motifs is 1. The van der Waals surface area contributed by atoms with E-state index in [0.717, 1.165) is 27.3 Å². The number of anilines is 1. The minimum Gasteiger partial charge on any atom is -0.346 e. The smallest absolute Gasteiger partial charge is 0.264 e. The Bertz CT molecular complexity index is 1170. The second kappa shape index (κ2) is 8.82. The maximum atomic E-state index is 13.0. The van der Waals surface area contributed by atoms with Crippen LogP contribution in [0, 0.1) is 6.92 Å². The lowest BCUT2D eigenvalue weighted by Crippen LogP contribution is -2.31. The van der Waals surface area contributed by atoms with Crippen LogP contribution in [0.25, 0.3) is 6.08 Å². The third kappa shape index (κ3) is 4.42. The highest BCUT2D eigenvalue weighted by molar-refractivity contribution is 8.04. The number of aryl methyl sites for hydroxylation is 1. The minimum absolute atomic E-state index is 0.0732. The third-order valence-corrected chi connectivity index (χ3v) is 6.52. The molecule has 0 bridgehead atoms. The normalized spacial score (nSPS) is 15.5. The van der Waals surface area contributed by atoms with Crippen molar-refractivity contribution in [3.63, 3.8) is 0 Å². The molecule has 4 rings (SSSR count). The number of nitrogens with one attached hydrogen (secondary N) is 1. The zero-order valence-corrected chi connectivity index (χ0v) is 18.6. The van der Waals surface area contributed by atoms with E-state index in [0.29, 0.717) is 10.5 Å². The van der Waals surface area contributed by atoms with Gasteiger partial charge in [-0.2, -0.15) is 0 Å². The molecule has 3 aromatic carbocycles. The molecule has 156 valence electrons. The molecule has 2 amide bonds. The van der Waals surface area contributed by atoms with Crippen molar-refractivity contribution in [2.75, 3.05) is 11.9 Å². The van der Waals surface area contributed by atoms with Crippen LogP contribution in [-0.4, -0.2) is 18.9 Å². The average Bonchev–Trinajstić information content (AvgIpc) is 2.79. The van der Waals surface area contributed by atoms with Crippen molar-refractivity contribution in [3.8, 4) is 0 Å². The molecule has 1 unspecified atom stereocenters. The fourth-order valence-electron chi connectivity index (χ4n) is 3.53. The Morgan fingerprint density at radius 3 is 2.48 bits per heavy atom. The van der Waals surface area contributed by atoms with E-state index in [-0.39, 0.29) is 17.9 Å². The van der Waals surface area contributed by atoms with Gasteiger partial charge in [0.25, 0.3) is 11.8 Å². The van der Waals surface area contributed by atoms with Crippen molar-refractivity contribution in [1.82, 2.24) is 5.32 Å². The number of benzene rings is 3. The Hall–Kier alpha value is -3.31. The molecule has 0 fully saturated rings. The SMILES string of the molecule is Cc1ccccc1/C=C1\Sc2ccc(C(=O)NC(C)c3ccccc3)cc2N(C)C1=O. The van der Waals surface area contributed by atoms with Crippen LogP contribution in [0.3, 0.4) is 0 Å². The van der Waals surface area contributed by atoms with E-state index in [9.17, 15) is 9.59 Å². The second-order valence-electron chi connectivity index (χ2n) is 7.62. The number of hydrogen-bond acceptors (Lipinski definition) is 3. The minimum atomic E-state index is -0.161. The van der Waals surface area contributed by atoms with Crippen molar-refractivity contribution < 1.29 is 9.59 Å². The zero-order chi connectivity index (χ0) is 22.0. The van der Waals surface area contributed by atoms with E-state index in [2.05, 4.69) is 5.32 Å². The van der Waals surface area contributed by atoms with Gasteiger partial charge in [0.15, 0.2) is 0 Å². The van der Waals surface area contributed by atoms with Crippen LogP contribution in [0.1, 0.15) is 40.0 Å². The molecule has 1 N–H and O–H groups in total. The number of thioether (sulfide) groups is 1. The number of carbonyl (C=O) groups excluding carboxylic acids is 2. The number of likely N-dealkylation sites (N-methyl/N-ethyl adjacent to an activating group) is 1. The molecule has 4 nitrogen and oxygen atoms in total. The summed E-state index contributed by atoms with van der Waals surface area (Å²) in [5, 5.41) is 3.03. The molecular weight excluding hydrogens is 404 g/mol. The van der Waals surface area contributed by atoms with Crippen molar-refractivity contribution in [2.45, 2.75) is 24.8 Å². The van der Waals surface area contributed by atoms with E-state index in [4.69, 9.17) is 0 Å². The lowest BCUT2D eigenvalue weighted by atomic mass is 10.1. The maximum absolute atomic E-state index is 13.0. The van der Waals surface area contributed by atoms with Crippen LogP contribution in [0.4, 0.5) is 5.69 Å². The summed E-state index contributed by atoms with van der Waals surface area (Å²) in [4.78, 5) is 29.0. The molecule has 1 heterocycles. The van der Waals surface area contributed by atoms with Gasteiger partial charge in [-0.05, 0) is 54.8 Å². The van der Waals surface area contributed by atoms with E-state index < -0.39 is 0 Å². The highest BCUT2D eigenvalue weighted by Gasteiger charge is 2.27. The highest BCUT2D eigenvalue weighted by atomic mass is 32.2. The number of amides is 2. The van der Waals surface area contributed by atoms with Crippen molar-refractivity contribution >= 4 is 35.3 Å². The molecule has 1 aliphatic rings.